The van der Waals surface area contributed by atoms with E-state index < -0.39 is 0 Å². The third-order valence-corrected chi connectivity index (χ3v) is 5.29. The van der Waals surface area contributed by atoms with Crippen LogP contribution >= 0.6 is 11.3 Å². The number of fused-ring (bicyclic) bond motifs is 1. The summed E-state index contributed by atoms with van der Waals surface area (Å²) in [5.74, 6) is 0.0379. The predicted octanol–water partition coefficient (Wildman–Crippen LogP) is 4.36. The topological polar surface area (TPSA) is 32.3 Å². The molecule has 0 radical (unpaired) electrons. The van der Waals surface area contributed by atoms with Crippen molar-refractivity contribution in [1.82, 2.24) is 5.32 Å². The van der Waals surface area contributed by atoms with Crippen molar-refractivity contribution in [3.05, 3.63) is 46.8 Å². The zero-order chi connectivity index (χ0) is 15.5. The number of hydrogen-bond donors (Lipinski definition) is 1. The highest BCUT2D eigenvalue weighted by Gasteiger charge is 2.20. The van der Waals surface area contributed by atoms with Gasteiger partial charge in [-0.2, -0.15) is 0 Å². The monoisotopic (exact) mass is 314 g/mol. The molecule has 1 aliphatic heterocycles. The molecule has 3 rings (SSSR count). The zero-order valence-electron chi connectivity index (χ0n) is 13.1. The highest BCUT2D eigenvalue weighted by atomic mass is 32.1. The van der Waals surface area contributed by atoms with Crippen LogP contribution in [0.25, 0.3) is 0 Å². The quantitative estimate of drug-likeness (QED) is 0.909. The van der Waals surface area contributed by atoms with Crippen LogP contribution in [-0.2, 0) is 6.42 Å². The van der Waals surface area contributed by atoms with Crippen LogP contribution < -0.4 is 10.2 Å². The van der Waals surface area contributed by atoms with Gasteiger partial charge in [-0.1, -0.05) is 25.1 Å². The number of benzene rings is 1. The van der Waals surface area contributed by atoms with Gasteiger partial charge in [-0.25, -0.2) is 0 Å². The minimum absolute atomic E-state index is 0.0379. The van der Waals surface area contributed by atoms with E-state index >= 15 is 0 Å². The lowest BCUT2D eigenvalue weighted by Gasteiger charge is -2.30. The molecule has 0 spiro atoms. The second-order valence-electron chi connectivity index (χ2n) is 5.80. The molecule has 0 aliphatic carbocycles. The Labute approximate surface area is 136 Å². The second-order valence-corrected chi connectivity index (χ2v) is 6.87. The van der Waals surface area contributed by atoms with E-state index in [9.17, 15) is 4.79 Å². The first kappa shape index (κ1) is 15.1. The fourth-order valence-electron chi connectivity index (χ4n) is 2.75. The molecule has 1 atom stereocenters. The lowest BCUT2D eigenvalue weighted by atomic mass is 10.0. The molecule has 116 valence electrons. The van der Waals surface area contributed by atoms with Crippen molar-refractivity contribution < 1.29 is 4.79 Å². The predicted molar refractivity (Wildman–Crippen MR) is 93.3 cm³/mol. The average Bonchev–Trinajstić information content (AvgIpc) is 3.04. The van der Waals surface area contributed by atoms with Gasteiger partial charge in [0.05, 0.1) is 9.88 Å². The van der Waals surface area contributed by atoms with Crippen molar-refractivity contribution in [3.8, 4) is 0 Å². The van der Waals surface area contributed by atoms with Gasteiger partial charge in [0.1, 0.15) is 0 Å². The lowest BCUT2D eigenvalue weighted by molar-refractivity contribution is 0.0943. The van der Waals surface area contributed by atoms with E-state index in [4.69, 9.17) is 0 Å². The maximum absolute atomic E-state index is 12.2. The Hall–Kier alpha value is -1.81. The van der Waals surface area contributed by atoms with Crippen LogP contribution in [0.15, 0.2) is 36.4 Å². The first-order valence-corrected chi connectivity index (χ1v) is 8.77. The molecular weight excluding hydrogens is 292 g/mol. The summed E-state index contributed by atoms with van der Waals surface area (Å²) in [5.41, 5.74) is 2.68. The molecule has 22 heavy (non-hydrogen) atoms. The summed E-state index contributed by atoms with van der Waals surface area (Å²) < 4.78 is 0. The number of aryl methyl sites for hydroxylation is 1. The number of nitrogens with one attached hydrogen (secondary N) is 1. The van der Waals surface area contributed by atoms with Crippen molar-refractivity contribution in [2.45, 2.75) is 39.2 Å². The number of thiophene rings is 1. The molecule has 4 heteroatoms. The van der Waals surface area contributed by atoms with Gasteiger partial charge in [0.2, 0.25) is 0 Å². The van der Waals surface area contributed by atoms with Gasteiger partial charge in [0.25, 0.3) is 5.91 Å². The van der Waals surface area contributed by atoms with Gasteiger partial charge in [-0.05, 0) is 49.9 Å². The van der Waals surface area contributed by atoms with Gasteiger partial charge in [0, 0.05) is 18.3 Å². The van der Waals surface area contributed by atoms with E-state index in [0.29, 0.717) is 0 Å². The molecule has 1 aliphatic rings. The molecule has 1 aromatic heterocycles. The summed E-state index contributed by atoms with van der Waals surface area (Å²) in [5, 5.41) is 4.19. The number of hydrogen-bond acceptors (Lipinski definition) is 3. The van der Waals surface area contributed by atoms with Crippen molar-refractivity contribution >= 4 is 27.9 Å². The molecule has 0 saturated heterocycles. The summed E-state index contributed by atoms with van der Waals surface area (Å²) in [6.45, 7) is 5.13. The van der Waals surface area contributed by atoms with Crippen LogP contribution in [0.4, 0.5) is 10.7 Å². The Kier molecular flexibility index (Phi) is 4.48. The fraction of sp³-hybridized carbons (Fsp3) is 0.389. The Morgan fingerprint density at radius 2 is 2.14 bits per heavy atom. The van der Waals surface area contributed by atoms with E-state index in [1.807, 2.05) is 13.0 Å². The van der Waals surface area contributed by atoms with Gasteiger partial charge >= 0.3 is 0 Å². The van der Waals surface area contributed by atoms with Crippen LogP contribution in [0.5, 0.6) is 0 Å². The summed E-state index contributed by atoms with van der Waals surface area (Å²) in [7, 11) is 0. The van der Waals surface area contributed by atoms with Crippen molar-refractivity contribution in [1.29, 1.82) is 0 Å². The van der Waals surface area contributed by atoms with Gasteiger partial charge < -0.3 is 10.2 Å². The third-order valence-electron chi connectivity index (χ3n) is 4.18. The molecule has 1 aromatic carbocycles. The van der Waals surface area contributed by atoms with E-state index in [1.54, 1.807) is 11.3 Å². The molecule has 1 N–H and O–H groups in total. The molecule has 3 nitrogen and oxygen atoms in total. The largest absolute Gasteiger partial charge is 0.349 e. The maximum Gasteiger partial charge on any atom is 0.261 e. The first-order valence-electron chi connectivity index (χ1n) is 7.95. The van der Waals surface area contributed by atoms with Crippen LogP contribution in [-0.4, -0.2) is 18.5 Å². The standard InChI is InChI=1S/C18H22N2OS/c1-3-13(2)19-18(21)16-10-11-17(22-16)20-12-6-8-14-7-4-5-9-15(14)20/h4-5,7,9-11,13H,3,6,8,12H2,1-2H3,(H,19,21)/t13-/m1/s1. The molecule has 1 amide bonds. The minimum atomic E-state index is 0.0379. The summed E-state index contributed by atoms with van der Waals surface area (Å²) in [6.07, 6.45) is 3.24. The Bertz CT molecular complexity index is 665. The van der Waals surface area contributed by atoms with E-state index in [0.717, 1.165) is 35.7 Å². The zero-order valence-corrected chi connectivity index (χ0v) is 14.0. The normalized spacial score (nSPS) is 15.3. The SMILES string of the molecule is CC[C@@H](C)NC(=O)c1ccc(N2CCCc3ccccc32)s1. The fourth-order valence-corrected chi connectivity index (χ4v) is 3.70. The number of carbonyl (C=O) groups excluding carboxylic acids is 1. The van der Waals surface area contributed by atoms with Crippen LogP contribution in [0, 0.1) is 0 Å². The summed E-state index contributed by atoms with van der Waals surface area (Å²) in [4.78, 5) is 15.4. The van der Waals surface area contributed by atoms with Gasteiger partial charge in [-0.15, -0.1) is 11.3 Å². The summed E-state index contributed by atoms with van der Waals surface area (Å²) >= 11 is 1.58. The number of para-hydroxylation sites is 1. The number of nitrogens with zero attached hydrogens (tertiary/aromatic N) is 1. The average molecular weight is 314 g/mol. The van der Waals surface area contributed by atoms with Crippen LogP contribution in [0.2, 0.25) is 0 Å². The minimum Gasteiger partial charge on any atom is -0.349 e. The number of rotatable bonds is 4. The Morgan fingerprint density at radius 3 is 2.95 bits per heavy atom. The smallest absolute Gasteiger partial charge is 0.261 e. The molecular formula is C18H22N2OS. The van der Waals surface area contributed by atoms with Crippen molar-refractivity contribution in [2.75, 3.05) is 11.4 Å². The van der Waals surface area contributed by atoms with E-state index in [1.165, 1.54) is 11.3 Å². The molecule has 2 aromatic rings. The van der Waals surface area contributed by atoms with Gasteiger partial charge in [0.15, 0.2) is 0 Å². The second kappa shape index (κ2) is 6.53. The van der Waals surface area contributed by atoms with Crippen molar-refractivity contribution in [3.63, 3.8) is 0 Å². The highest BCUT2D eigenvalue weighted by Crippen LogP contribution is 2.37. The highest BCUT2D eigenvalue weighted by molar-refractivity contribution is 7.18. The number of amides is 1. The molecule has 0 unspecified atom stereocenters. The van der Waals surface area contributed by atoms with Gasteiger partial charge in [-0.3, -0.25) is 4.79 Å². The number of carbonyl (C=O) groups is 1. The molecule has 2 heterocycles. The van der Waals surface area contributed by atoms with Crippen LogP contribution in [0.3, 0.4) is 0 Å². The lowest BCUT2D eigenvalue weighted by Crippen LogP contribution is -2.31. The maximum atomic E-state index is 12.2. The first-order chi connectivity index (χ1) is 10.7. The third kappa shape index (κ3) is 3.02. The van der Waals surface area contributed by atoms with Crippen molar-refractivity contribution in [2.24, 2.45) is 0 Å². The number of anilines is 2. The Morgan fingerprint density at radius 1 is 1.32 bits per heavy atom. The van der Waals surface area contributed by atoms with Crippen LogP contribution in [0.1, 0.15) is 41.9 Å². The molecule has 0 bridgehead atoms. The summed E-state index contributed by atoms with van der Waals surface area (Å²) in [6, 6.07) is 12.8. The Balaban J connectivity index is 1.82. The van der Waals surface area contributed by atoms with E-state index in [2.05, 4.69) is 47.5 Å². The molecule has 0 saturated carbocycles. The molecule has 0 fully saturated rings. The van der Waals surface area contributed by atoms with E-state index in [-0.39, 0.29) is 11.9 Å².